The van der Waals surface area contributed by atoms with Crippen molar-refractivity contribution >= 4 is 55.9 Å². The van der Waals surface area contributed by atoms with E-state index in [-0.39, 0.29) is 10.8 Å². The average Bonchev–Trinajstić information content (AvgIpc) is 3.07. The Balaban J connectivity index is 0.000000380. The van der Waals surface area contributed by atoms with Crippen LogP contribution in [0.15, 0.2) is 46.2 Å². The number of piperidine rings is 4. The van der Waals surface area contributed by atoms with Crippen LogP contribution in [0, 0.1) is 62.2 Å². The quantitative estimate of drug-likeness (QED) is 0.0933. The van der Waals surface area contributed by atoms with Gasteiger partial charge >= 0.3 is 35.8 Å². The third-order valence-electron chi connectivity index (χ3n) is 15.8. The fraction of sp³-hybridized carbons (Fsp3) is 0.667. The van der Waals surface area contributed by atoms with Gasteiger partial charge in [-0.05, 0) is 123 Å². The first-order valence-electron chi connectivity index (χ1n) is 26.8. The lowest BCUT2D eigenvalue weighted by molar-refractivity contribution is -0.165. The Kier molecular flexibility index (Phi) is 27.6. The number of carbonyl (C=O) groups is 6. The number of aryl methyl sites for hydroxylation is 4. The Morgan fingerprint density at radius 1 is 0.439 bits per heavy atom. The van der Waals surface area contributed by atoms with Crippen LogP contribution in [-0.4, -0.2) is 234 Å². The number of benzene rings is 2. The van der Waals surface area contributed by atoms with Gasteiger partial charge in [-0.1, -0.05) is 78.6 Å². The van der Waals surface area contributed by atoms with Gasteiger partial charge in [-0.3, -0.25) is 0 Å². The highest BCUT2D eigenvalue weighted by atomic mass is 32.2. The van der Waals surface area contributed by atoms with Crippen LogP contribution in [0.2, 0.25) is 0 Å². The molecule has 0 radical (unpaired) electrons. The van der Waals surface area contributed by atoms with Crippen LogP contribution in [0.1, 0.15) is 89.5 Å². The van der Waals surface area contributed by atoms with Crippen molar-refractivity contribution in [3.05, 3.63) is 58.7 Å². The predicted molar refractivity (Wildman–Crippen MR) is 295 cm³/mol. The molecule has 12 N–H and O–H groups in total. The number of nitrogens with zero attached hydrogens (tertiary/aromatic N) is 4. The molecule has 0 aliphatic carbocycles. The maximum atomic E-state index is 13.4. The molecule has 466 valence electrons. The van der Waals surface area contributed by atoms with Gasteiger partial charge in [0.15, 0.2) is 36.6 Å². The molecule has 6 rings (SSSR count). The van der Waals surface area contributed by atoms with E-state index in [2.05, 4.69) is 51.3 Å². The molecule has 82 heavy (non-hydrogen) atoms. The first-order chi connectivity index (χ1) is 37.7. The molecule has 10 atom stereocenters. The van der Waals surface area contributed by atoms with E-state index in [4.69, 9.17) is 61.3 Å². The summed E-state index contributed by atoms with van der Waals surface area (Å²) in [6, 6.07) is 11.5. The molecule has 0 aromatic heterocycles. The number of hydrogen-bond acceptors (Lipinski definition) is 18. The minimum absolute atomic E-state index is 0.205. The lowest BCUT2D eigenvalue weighted by Crippen LogP contribution is -2.62. The van der Waals surface area contributed by atoms with Gasteiger partial charge in [-0.15, -0.1) is 0 Å². The zero-order chi connectivity index (χ0) is 63.2. The molecular formula is C54H86N4O22S2. The highest BCUT2D eigenvalue weighted by molar-refractivity contribution is 7.89. The second kappa shape index (κ2) is 31.1. The molecule has 0 amide bonds. The summed E-state index contributed by atoms with van der Waals surface area (Å²) in [6.07, 6.45) is -8.72. The van der Waals surface area contributed by atoms with Gasteiger partial charge in [0.25, 0.3) is 0 Å². The van der Waals surface area contributed by atoms with Crippen LogP contribution in [0.4, 0.5) is 0 Å². The number of rotatable bonds is 19. The van der Waals surface area contributed by atoms with E-state index in [0.29, 0.717) is 59.6 Å². The molecule has 4 fully saturated rings. The molecule has 4 bridgehead atoms. The largest absolute Gasteiger partial charge is 0.479 e. The van der Waals surface area contributed by atoms with Gasteiger partial charge < -0.3 is 71.1 Å². The topological polar surface area (TPSA) is 426 Å². The molecule has 4 unspecified atom stereocenters. The van der Waals surface area contributed by atoms with Crippen LogP contribution in [0.3, 0.4) is 0 Å². The average molecular weight is 1210 g/mol. The second-order valence-corrected chi connectivity index (χ2v) is 26.3. The van der Waals surface area contributed by atoms with Gasteiger partial charge in [0, 0.05) is 52.4 Å². The molecule has 4 saturated heterocycles. The number of unbranched alkanes of at least 4 members (excludes halogenated alkanes) is 2. The van der Waals surface area contributed by atoms with Crippen LogP contribution < -0.4 is 0 Å². The van der Waals surface area contributed by atoms with Crippen molar-refractivity contribution in [1.29, 1.82) is 0 Å². The number of carboxylic acid groups (broad SMARTS) is 6. The summed E-state index contributed by atoms with van der Waals surface area (Å²) in [5, 5.41) is 97.6. The van der Waals surface area contributed by atoms with Crippen molar-refractivity contribution in [1.82, 2.24) is 18.4 Å². The summed E-state index contributed by atoms with van der Waals surface area (Å²) >= 11 is 0. The number of likely N-dealkylation sites (tertiary alicyclic amines) is 2. The first kappa shape index (κ1) is 72.9. The minimum Gasteiger partial charge on any atom is -0.479 e. The predicted octanol–water partition coefficient (Wildman–Crippen LogP) is 0.996. The third kappa shape index (κ3) is 19.4. The number of carboxylic acids is 6. The van der Waals surface area contributed by atoms with Gasteiger partial charge in [0.2, 0.25) is 20.0 Å². The number of aliphatic hydroxyl groups excluding tert-OH is 6. The maximum Gasteiger partial charge on any atom is 0.335 e. The fourth-order valence-electron chi connectivity index (χ4n) is 9.89. The van der Waals surface area contributed by atoms with Crippen LogP contribution in [0.25, 0.3) is 0 Å². The molecule has 0 spiro atoms. The van der Waals surface area contributed by atoms with Gasteiger partial charge in [0.05, 0.1) is 9.79 Å². The highest BCUT2D eigenvalue weighted by Gasteiger charge is 2.51. The summed E-state index contributed by atoms with van der Waals surface area (Å²) in [5.41, 5.74) is 4.09. The van der Waals surface area contributed by atoms with Crippen molar-refractivity contribution in [2.45, 2.75) is 141 Å². The monoisotopic (exact) mass is 1210 g/mol. The number of fused-ring (bicyclic) bond motifs is 4. The molecular weight excluding hydrogens is 1120 g/mol. The van der Waals surface area contributed by atoms with Crippen LogP contribution in [0.5, 0.6) is 0 Å². The first-order valence-corrected chi connectivity index (χ1v) is 29.6. The zero-order valence-corrected chi connectivity index (χ0v) is 49.8. The maximum absolute atomic E-state index is 13.4. The smallest absolute Gasteiger partial charge is 0.335 e. The highest BCUT2D eigenvalue weighted by Crippen LogP contribution is 2.47. The lowest BCUT2D eigenvalue weighted by Gasteiger charge is -2.55. The molecule has 4 aliphatic rings. The Morgan fingerprint density at radius 2 is 0.659 bits per heavy atom. The SMILES string of the molecule is CCCCN1CC2CN(S(=O)(=O)c3cc(C)ccc3C)CC(C1)C2(C)C.CCCCN1CC2CN(S(=O)(=O)c3cc(C)ccc3C)CC(C1)C2(C)C.O=C(O)[C@H](O)[C@@H](O)C(=O)O.O=C(O)[C@H](O)[C@@H](O)C(=O)O.O=C(O)[C@H](O)[C@@H](O)C(=O)O. The number of aliphatic carboxylic acids is 6. The fourth-order valence-corrected chi connectivity index (χ4v) is 13.6. The zero-order valence-electron chi connectivity index (χ0n) is 48.2. The third-order valence-corrected chi connectivity index (χ3v) is 19.8. The van der Waals surface area contributed by atoms with Crippen molar-refractivity contribution in [2.24, 2.45) is 34.5 Å². The molecule has 28 heteroatoms. The Morgan fingerprint density at radius 3 is 0.854 bits per heavy atom. The lowest BCUT2D eigenvalue weighted by atomic mass is 9.64. The summed E-state index contributed by atoms with van der Waals surface area (Å²) in [4.78, 5) is 64.7. The molecule has 2 aromatic carbocycles. The Labute approximate surface area is 479 Å². The van der Waals surface area contributed by atoms with E-state index in [1.165, 1.54) is 25.7 Å². The summed E-state index contributed by atoms with van der Waals surface area (Å²) in [7, 11) is -6.85. The van der Waals surface area contributed by atoms with E-state index >= 15 is 0 Å². The molecule has 0 saturated carbocycles. The van der Waals surface area contributed by atoms with Gasteiger partial charge in [-0.25, -0.2) is 45.6 Å². The van der Waals surface area contributed by atoms with Crippen molar-refractivity contribution in [2.75, 3.05) is 65.4 Å². The summed E-state index contributed by atoms with van der Waals surface area (Å²) < 4.78 is 57.0. The molecule has 4 heterocycles. The Bertz CT molecular complexity index is 2440. The number of hydrogen-bond donors (Lipinski definition) is 12. The number of aliphatic hydroxyl groups is 6. The van der Waals surface area contributed by atoms with Gasteiger partial charge in [0.1, 0.15) is 0 Å². The van der Waals surface area contributed by atoms with Crippen LogP contribution in [-0.2, 0) is 48.8 Å². The van der Waals surface area contributed by atoms with Crippen molar-refractivity contribution < 1.29 is 107 Å². The standard InChI is InChI=1S/2C21H34N2O2S.3C4H6O6/c2*1-6-7-10-22-12-18-14-23(15-19(13-22)21(18,4)5)26(24,25)20-11-16(2)8-9-17(20)3;3*5-1(3(7)8)2(6)4(9)10/h2*8-9,11,18-19H,6-7,10,12-15H2,1-5H3;3*1-2,5-6H,(H,7,8)(H,9,10)/t;;3*1-,2-/m..111/s1. The van der Waals surface area contributed by atoms with E-state index in [1.54, 1.807) is 8.61 Å². The van der Waals surface area contributed by atoms with E-state index < -0.39 is 92.5 Å². The molecule has 2 aromatic rings. The molecule has 4 aliphatic heterocycles. The van der Waals surface area contributed by atoms with E-state index in [0.717, 1.165) is 61.5 Å². The van der Waals surface area contributed by atoms with Crippen LogP contribution >= 0.6 is 0 Å². The molecule has 26 nitrogen and oxygen atoms in total. The van der Waals surface area contributed by atoms with Crippen molar-refractivity contribution in [3.8, 4) is 0 Å². The number of sulfonamides is 2. The van der Waals surface area contributed by atoms with E-state index in [9.17, 15) is 45.6 Å². The second-order valence-electron chi connectivity index (χ2n) is 22.5. The normalized spacial score (nSPS) is 22.8. The summed E-state index contributed by atoms with van der Waals surface area (Å²) in [6.45, 7) is 30.4. The Hall–Kier alpha value is -5.24. The minimum atomic E-state index is -3.43. The van der Waals surface area contributed by atoms with E-state index in [1.807, 2.05) is 64.1 Å². The van der Waals surface area contributed by atoms with Crippen molar-refractivity contribution in [3.63, 3.8) is 0 Å². The summed E-state index contributed by atoms with van der Waals surface area (Å²) in [5.74, 6) is -9.03. The van der Waals surface area contributed by atoms with Gasteiger partial charge in [-0.2, -0.15) is 8.61 Å².